The molecule has 13 heavy (non-hydrogen) atoms. The average molecular weight is 185 g/mol. The summed E-state index contributed by atoms with van der Waals surface area (Å²) in [5, 5.41) is 0. The van der Waals surface area contributed by atoms with Gasteiger partial charge in [0.2, 0.25) is 0 Å². The summed E-state index contributed by atoms with van der Waals surface area (Å²) < 4.78 is 5.21. The fourth-order valence-corrected chi connectivity index (χ4v) is 2.17. The van der Waals surface area contributed by atoms with E-state index in [-0.39, 0.29) is 0 Å². The molecule has 0 heterocycles. The third kappa shape index (κ3) is 3.65. The van der Waals surface area contributed by atoms with E-state index >= 15 is 0 Å². The Bertz CT molecular complexity index is 132. The Morgan fingerprint density at radius 2 is 1.92 bits per heavy atom. The first-order valence-electron chi connectivity index (χ1n) is 5.52. The Kier molecular flexibility index (Phi) is 4.74. The second-order valence-corrected chi connectivity index (χ2v) is 4.33. The molecule has 2 N–H and O–H groups in total. The van der Waals surface area contributed by atoms with Gasteiger partial charge in [0.15, 0.2) is 0 Å². The van der Waals surface area contributed by atoms with Gasteiger partial charge in [-0.25, -0.2) is 0 Å². The molecule has 0 aromatic heterocycles. The number of ether oxygens (including phenoxy) is 1. The molecule has 1 saturated carbocycles. The molecule has 1 aliphatic carbocycles. The SMILES string of the molecule is COC(C)CCC(N)C1CCCC1. The summed E-state index contributed by atoms with van der Waals surface area (Å²) in [4.78, 5) is 0. The fraction of sp³-hybridized carbons (Fsp3) is 1.00. The number of hydrogen-bond acceptors (Lipinski definition) is 2. The summed E-state index contributed by atoms with van der Waals surface area (Å²) in [6.07, 6.45) is 8.07. The topological polar surface area (TPSA) is 35.2 Å². The molecule has 0 spiro atoms. The van der Waals surface area contributed by atoms with Gasteiger partial charge in [0.05, 0.1) is 6.10 Å². The largest absolute Gasteiger partial charge is 0.382 e. The minimum absolute atomic E-state index is 0.368. The van der Waals surface area contributed by atoms with E-state index in [4.69, 9.17) is 10.5 Å². The lowest BCUT2D eigenvalue weighted by atomic mass is 9.94. The highest BCUT2D eigenvalue weighted by molar-refractivity contribution is 4.78. The van der Waals surface area contributed by atoms with Crippen LogP contribution in [0, 0.1) is 5.92 Å². The van der Waals surface area contributed by atoms with Crippen LogP contribution < -0.4 is 5.73 Å². The first-order chi connectivity index (χ1) is 6.24. The second kappa shape index (κ2) is 5.61. The zero-order chi connectivity index (χ0) is 9.68. The van der Waals surface area contributed by atoms with Crippen LogP contribution in [0.5, 0.6) is 0 Å². The van der Waals surface area contributed by atoms with E-state index in [2.05, 4.69) is 6.92 Å². The Balaban J connectivity index is 2.12. The van der Waals surface area contributed by atoms with Gasteiger partial charge in [0, 0.05) is 13.2 Å². The lowest BCUT2D eigenvalue weighted by Crippen LogP contribution is -2.29. The Morgan fingerprint density at radius 1 is 1.31 bits per heavy atom. The fourth-order valence-electron chi connectivity index (χ4n) is 2.17. The third-order valence-electron chi connectivity index (χ3n) is 3.31. The van der Waals surface area contributed by atoms with Gasteiger partial charge in [-0.15, -0.1) is 0 Å². The number of rotatable bonds is 5. The van der Waals surface area contributed by atoms with E-state index in [1.807, 2.05) is 0 Å². The van der Waals surface area contributed by atoms with Crippen LogP contribution in [0.2, 0.25) is 0 Å². The lowest BCUT2D eigenvalue weighted by molar-refractivity contribution is 0.105. The molecule has 1 rings (SSSR count). The zero-order valence-corrected chi connectivity index (χ0v) is 8.96. The Hall–Kier alpha value is -0.0800. The van der Waals surface area contributed by atoms with Gasteiger partial charge in [0.25, 0.3) is 0 Å². The van der Waals surface area contributed by atoms with E-state index in [1.54, 1.807) is 7.11 Å². The van der Waals surface area contributed by atoms with Crippen LogP contribution in [0.15, 0.2) is 0 Å². The van der Waals surface area contributed by atoms with Crippen molar-refractivity contribution in [3.05, 3.63) is 0 Å². The number of nitrogens with two attached hydrogens (primary N) is 1. The minimum atomic E-state index is 0.368. The first-order valence-corrected chi connectivity index (χ1v) is 5.52. The van der Waals surface area contributed by atoms with Gasteiger partial charge < -0.3 is 10.5 Å². The molecular formula is C11H23NO. The Labute approximate surface area is 81.8 Å². The molecule has 2 nitrogen and oxygen atoms in total. The van der Waals surface area contributed by atoms with E-state index in [1.165, 1.54) is 25.7 Å². The van der Waals surface area contributed by atoms with Crippen LogP contribution in [-0.4, -0.2) is 19.3 Å². The van der Waals surface area contributed by atoms with Crippen molar-refractivity contribution in [3.8, 4) is 0 Å². The summed E-state index contributed by atoms with van der Waals surface area (Å²) in [5.74, 6) is 0.795. The van der Waals surface area contributed by atoms with Crippen molar-refractivity contribution < 1.29 is 4.74 Å². The van der Waals surface area contributed by atoms with Crippen LogP contribution in [0.4, 0.5) is 0 Å². The highest BCUT2D eigenvalue weighted by atomic mass is 16.5. The van der Waals surface area contributed by atoms with Crippen LogP contribution in [0.1, 0.15) is 45.4 Å². The quantitative estimate of drug-likeness (QED) is 0.713. The number of hydrogen-bond donors (Lipinski definition) is 1. The molecule has 2 unspecified atom stereocenters. The van der Waals surface area contributed by atoms with E-state index in [0.29, 0.717) is 12.1 Å². The molecule has 1 aliphatic rings. The molecule has 0 aromatic carbocycles. The van der Waals surface area contributed by atoms with Crippen molar-refractivity contribution in [2.45, 2.75) is 57.6 Å². The van der Waals surface area contributed by atoms with Crippen molar-refractivity contribution in [1.29, 1.82) is 0 Å². The first kappa shape index (κ1) is 11.0. The molecule has 2 heteroatoms. The summed E-state index contributed by atoms with van der Waals surface area (Å²) in [7, 11) is 1.77. The van der Waals surface area contributed by atoms with E-state index in [0.717, 1.165) is 18.8 Å². The highest BCUT2D eigenvalue weighted by Gasteiger charge is 2.21. The molecular weight excluding hydrogens is 162 g/mol. The average Bonchev–Trinajstić information content (AvgIpc) is 2.66. The van der Waals surface area contributed by atoms with Gasteiger partial charge in [-0.1, -0.05) is 12.8 Å². The predicted molar refractivity (Wildman–Crippen MR) is 55.6 cm³/mol. The molecule has 0 bridgehead atoms. The van der Waals surface area contributed by atoms with Crippen LogP contribution in [0.25, 0.3) is 0 Å². The second-order valence-electron chi connectivity index (χ2n) is 4.33. The number of methoxy groups -OCH3 is 1. The summed E-state index contributed by atoms with van der Waals surface area (Å²) in [5.41, 5.74) is 6.13. The summed E-state index contributed by atoms with van der Waals surface area (Å²) in [6, 6.07) is 0.417. The molecule has 0 saturated heterocycles. The van der Waals surface area contributed by atoms with Gasteiger partial charge in [-0.3, -0.25) is 0 Å². The maximum Gasteiger partial charge on any atom is 0.0543 e. The van der Waals surface area contributed by atoms with Crippen molar-refractivity contribution in [1.82, 2.24) is 0 Å². The highest BCUT2D eigenvalue weighted by Crippen LogP contribution is 2.28. The van der Waals surface area contributed by atoms with Crippen molar-refractivity contribution in [2.75, 3.05) is 7.11 Å². The van der Waals surface area contributed by atoms with Gasteiger partial charge in [0.1, 0.15) is 0 Å². The summed E-state index contributed by atoms with van der Waals surface area (Å²) in [6.45, 7) is 2.11. The van der Waals surface area contributed by atoms with Gasteiger partial charge >= 0.3 is 0 Å². The lowest BCUT2D eigenvalue weighted by Gasteiger charge is -2.20. The predicted octanol–water partition coefficient (Wildman–Crippen LogP) is 2.32. The van der Waals surface area contributed by atoms with Crippen molar-refractivity contribution >= 4 is 0 Å². The third-order valence-corrected chi connectivity index (χ3v) is 3.31. The van der Waals surface area contributed by atoms with Gasteiger partial charge in [-0.05, 0) is 38.5 Å². The smallest absolute Gasteiger partial charge is 0.0543 e. The summed E-state index contributed by atoms with van der Waals surface area (Å²) >= 11 is 0. The maximum atomic E-state index is 6.13. The molecule has 0 amide bonds. The van der Waals surface area contributed by atoms with Crippen LogP contribution in [-0.2, 0) is 4.74 Å². The Morgan fingerprint density at radius 3 is 2.46 bits per heavy atom. The maximum absolute atomic E-state index is 6.13. The molecule has 0 aliphatic heterocycles. The molecule has 1 fully saturated rings. The van der Waals surface area contributed by atoms with Crippen LogP contribution >= 0.6 is 0 Å². The monoisotopic (exact) mass is 185 g/mol. The van der Waals surface area contributed by atoms with Crippen molar-refractivity contribution in [2.24, 2.45) is 11.7 Å². The van der Waals surface area contributed by atoms with Gasteiger partial charge in [-0.2, -0.15) is 0 Å². The molecule has 0 radical (unpaired) electrons. The molecule has 78 valence electrons. The van der Waals surface area contributed by atoms with Crippen molar-refractivity contribution in [3.63, 3.8) is 0 Å². The normalized spacial score (nSPS) is 23.3. The molecule has 2 atom stereocenters. The van der Waals surface area contributed by atoms with E-state index < -0.39 is 0 Å². The molecule has 0 aromatic rings. The zero-order valence-electron chi connectivity index (χ0n) is 8.96. The minimum Gasteiger partial charge on any atom is -0.382 e. The standard InChI is InChI=1S/C11H23NO/c1-9(13-2)7-8-11(12)10-5-3-4-6-10/h9-11H,3-8,12H2,1-2H3. The van der Waals surface area contributed by atoms with E-state index in [9.17, 15) is 0 Å². The van der Waals surface area contributed by atoms with Crippen LogP contribution in [0.3, 0.4) is 0 Å².